The molecule has 0 aliphatic rings. The number of aromatic nitrogens is 2. The van der Waals surface area contributed by atoms with E-state index >= 15 is 0 Å². The average molecular weight is 344 g/mol. The molecule has 0 amide bonds. The molecule has 1 heterocycles. The number of benzene rings is 1. The molecule has 0 aliphatic carbocycles. The van der Waals surface area contributed by atoms with E-state index in [1.165, 1.54) is 0 Å². The van der Waals surface area contributed by atoms with E-state index in [1.807, 2.05) is 19.3 Å². The maximum Gasteiger partial charge on any atom is 0.241 e. The van der Waals surface area contributed by atoms with Gasteiger partial charge in [0.1, 0.15) is 0 Å². The standard InChI is InChI=1S/C12H14BrN3O2S/c1-16-9-7-10(15-16)6-8-14-19(17,18)12-5-3-2-4-11(12)13/h2-5,7,9,14H,6,8H2,1H3. The summed E-state index contributed by atoms with van der Waals surface area (Å²) in [6.45, 7) is 0.320. The largest absolute Gasteiger partial charge is 0.276 e. The quantitative estimate of drug-likeness (QED) is 0.898. The summed E-state index contributed by atoms with van der Waals surface area (Å²) >= 11 is 3.24. The van der Waals surface area contributed by atoms with Crippen molar-refractivity contribution in [3.8, 4) is 0 Å². The van der Waals surface area contributed by atoms with Crippen LogP contribution in [0, 0.1) is 0 Å². The summed E-state index contributed by atoms with van der Waals surface area (Å²) in [5.41, 5.74) is 0.859. The second-order valence-electron chi connectivity index (χ2n) is 4.06. The predicted octanol–water partition coefficient (Wildman–Crippen LogP) is 1.70. The maximum atomic E-state index is 12.1. The Kier molecular flexibility index (Phi) is 4.38. The van der Waals surface area contributed by atoms with Crippen molar-refractivity contribution in [2.75, 3.05) is 6.54 Å². The molecule has 19 heavy (non-hydrogen) atoms. The van der Waals surface area contributed by atoms with Gasteiger partial charge in [0, 0.05) is 30.7 Å². The smallest absolute Gasteiger partial charge is 0.241 e. The van der Waals surface area contributed by atoms with E-state index in [9.17, 15) is 8.42 Å². The average Bonchev–Trinajstić information content (AvgIpc) is 2.75. The van der Waals surface area contributed by atoms with E-state index in [4.69, 9.17) is 0 Å². The minimum atomic E-state index is -3.49. The highest BCUT2D eigenvalue weighted by molar-refractivity contribution is 9.10. The lowest BCUT2D eigenvalue weighted by atomic mass is 10.3. The highest BCUT2D eigenvalue weighted by Gasteiger charge is 2.16. The van der Waals surface area contributed by atoms with E-state index < -0.39 is 10.0 Å². The molecular formula is C12H14BrN3O2S. The summed E-state index contributed by atoms with van der Waals surface area (Å²) in [5, 5.41) is 4.19. The first-order chi connectivity index (χ1) is 8.99. The Labute approximate surface area is 120 Å². The number of aryl methyl sites for hydroxylation is 1. The minimum Gasteiger partial charge on any atom is -0.276 e. The highest BCUT2D eigenvalue weighted by Crippen LogP contribution is 2.20. The summed E-state index contributed by atoms with van der Waals surface area (Å²) in [4.78, 5) is 0.246. The van der Waals surface area contributed by atoms with Gasteiger partial charge in [-0.1, -0.05) is 12.1 Å². The normalized spacial score (nSPS) is 11.7. The van der Waals surface area contributed by atoms with Gasteiger partial charge < -0.3 is 0 Å². The van der Waals surface area contributed by atoms with Crippen molar-refractivity contribution in [1.29, 1.82) is 0 Å². The topological polar surface area (TPSA) is 64.0 Å². The van der Waals surface area contributed by atoms with Gasteiger partial charge in [-0.2, -0.15) is 5.10 Å². The molecule has 2 aromatic rings. The third kappa shape index (κ3) is 3.65. The molecule has 0 aliphatic heterocycles. The molecule has 0 fully saturated rings. The van der Waals surface area contributed by atoms with Gasteiger partial charge in [-0.15, -0.1) is 0 Å². The molecule has 0 radical (unpaired) electrons. The van der Waals surface area contributed by atoms with Gasteiger partial charge in [-0.3, -0.25) is 4.68 Å². The van der Waals surface area contributed by atoms with Crippen molar-refractivity contribution in [3.05, 3.63) is 46.7 Å². The molecule has 0 saturated heterocycles. The Bertz CT molecular complexity index is 667. The molecule has 0 bridgehead atoms. The van der Waals surface area contributed by atoms with Gasteiger partial charge in [0.15, 0.2) is 0 Å². The Morgan fingerprint density at radius 1 is 1.32 bits per heavy atom. The van der Waals surface area contributed by atoms with Crippen LogP contribution >= 0.6 is 15.9 Å². The molecule has 2 rings (SSSR count). The van der Waals surface area contributed by atoms with Gasteiger partial charge in [0.25, 0.3) is 0 Å². The second-order valence-corrected chi connectivity index (χ2v) is 6.65. The fourth-order valence-corrected chi connectivity index (χ4v) is 3.68. The lowest BCUT2D eigenvalue weighted by Gasteiger charge is -2.07. The molecule has 5 nitrogen and oxygen atoms in total. The zero-order valence-electron chi connectivity index (χ0n) is 10.4. The molecule has 0 atom stereocenters. The number of sulfonamides is 1. The Hall–Kier alpha value is -1.18. The first kappa shape index (κ1) is 14.2. The fraction of sp³-hybridized carbons (Fsp3) is 0.250. The van der Waals surface area contributed by atoms with Crippen LogP contribution in [-0.2, 0) is 23.5 Å². The molecule has 102 valence electrons. The van der Waals surface area contributed by atoms with Gasteiger partial charge in [0.05, 0.1) is 10.6 Å². The van der Waals surface area contributed by atoms with E-state index in [0.29, 0.717) is 17.4 Å². The Morgan fingerprint density at radius 2 is 2.05 bits per heavy atom. The number of hydrogen-bond acceptors (Lipinski definition) is 3. The number of halogens is 1. The maximum absolute atomic E-state index is 12.1. The van der Waals surface area contributed by atoms with Crippen LogP contribution in [0.2, 0.25) is 0 Å². The number of rotatable bonds is 5. The molecule has 7 heteroatoms. The first-order valence-corrected chi connectivity index (χ1v) is 7.99. The van der Waals surface area contributed by atoms with Crippen LogP contribution < -0.4 is 4.72 Å². The summed E-state index contributed by atoms with van der Waals surface area (Å²) < 4.78 is 29.0. The van der Waals surface area contributed by atoms with Crippen molar-refractivity contribution < 1.29 is 8.42 Å². The van der Waals surface area contributed by atoms with Crippen molar-refractivity contribution in [3.63, 3.8) is 0 Å². The molecule has 1 N–H and O–H groups in total. The molecular weight excluding hydrogens is 330 g/mol. The summed E-state index contributed by atoms with van der Waals surface area (Å²) in [5.74, 6) is 0. The van der Waals surface area contributed by atoms with Crippen molar-refractivity contribution >= 4 is 26.0 Å². The molecule has 1 aromatic heterocycles. The summed E-state index contributed by atoms with van der Waals surface area (Å²) in [6, 6.07) is 8.60. The van der Waals surface area contributed by atoms with Crippen molar-refractivity contribution in [1.82, 2.24) is 14.5 Å². The zero-order chi connectivity index (χ0) is 13.9. The van der Waals surface area contributed by atoms with Crippen LogP contribution in [-0.4, -0.2) is 24.7 Å². The number of hydrogen-bond donors (Lipinski definition) is 1. The van der Waals surface area contributed by atoms with Crippen molar-refractivity contribution in [2.45, 2.75) is 11.3 Å². The van der Waals surface area contributed by atoms with Crippen LogP contribution in [0.15, 0.2) is 45.9 Å². The lowest BCUT2D eigenvalue weighted by Crippen LogP contribution is -2.26. The number of nitrogens with one attached hydrogen (secondary N) is 1. The highest BCUT2D eigenvalue weighted by atomic mass is 79.9. The molecule has 0 saturated carbocycles. The van der Waals surface area contributed by atoms with Crippen LogP contribution in [0.25, 0.3) is 0 Å². The van der Waals surface area contributed by atoms with Gasteiger partial charge in [-0.05, 0) is 34.1 Å². The van der Waals surface area contributed by atoms with Gasteiger partial charge in [0.2, 0.25) is 10.0 Å². The summed E-state index contributed by atoms with van der Waals surface area (Å²) in [6.07, 6.45) is 2.39. The minimum absolute atomic E-state index is 0.246. The third-order valence-electron chi connectivity index (χ3n) is 2.57. The first-order valence-electron chi connectivity index (χ1n) is 5.72. The molecule has 1 aromatic carbocycles. The third-order valence-corrected chi connectivity index (χ3v) is 5.04. The van der Waals surface area contributed by atoms with E-state index in [1.54, 1.807) is 28.9 Å². The van der Waals surface area contributed by atoms with Crippen molar-refractivity contribution in [2.24, 2.45) is 7.05 Å². The fourth-order valence-electron chi connectivity index (χ4n) is 1.65. The van der Waals surface area contributed by atoms with Gasteiger partial charge in [-0.25, -0.2) is 13.1 Å². The SMILES string of the molecule is Cn1ccc(CCNS(=O)(=O)c2ccccc2Br)n1. The van der Waals surface area contributed by atoms with Crippen LogP contribution in [0.3, 0.4) is 0 Å². The zero-order valence-corrected chi connectivity index (χ0v) is 12.8. The second kappa shape index (κ2) is 5.85. The summed E-state index contributed by atoms with van der Waals surface area (Å²) in [7, 11) is -1.66. The van der Waals surface area contributed by atoms with Crippen LogP contribution in [0.5, 0.6) is 0 Å². The lowest BCUT2D eigenvalue weighted by molar-refractivity contribution is 0.580. The monoisotopic (exact) mass is 343 g/mol. The van der Waals surface area contributed by atoms with E-state index in [2.05, 4.69) is 25.8 Å². The Morgan fingerprint density at radius 3 is 2.68 bits per heavy atom. The number of nitrogens with zero attached hydrogens (tertiary/aromatic N) is 2. The Balaban J connectivity index is 2.01. The van der Waals surface area contributed by atoms with E-state index in [0.717, 1.165) is 5.69 Å². The molecule has 0 unspecified atom stereocenters. The van der Waals surface area contributed by atoms with Crippen LogP contribution in [0.1, 0.15) is 5.69 Å². The van der Waals surface area contributed by atoms with E-state index in [-0.39, 0.29) is 4.90 Å². The van der Waals surface area contributed by atoms with Gasteiger partial charge >= 0.3 is 0 Å². The predicted molar refractivity (Wildman–Crippen MR) is 76.2 cm³/mol. The molecule has 0 spiro atoms. The van der Waals surface area contributed by atoms with Crippen LogP contribution in [0.4, 0.5) is 0 Å².